The molecule has 3 atom stereocenters. The largest absolute Gasteiger partial charge is 0.489 e. The Labute approximate surface area is 197 Å². The molecule has 2 heterocycles. The van der Waals surface area contributed by atoms with Gasteiger partial charge in [0, 0.05) is 56.6 Å². The number of hydrogen-bond acceptors (Lipinski definition) is 5. The molecule has 0 spiro atoms. The van der Waals surface area contributed by atoms with Gasteiger partial charge in [0.05, 0.1) is 0 Å². The molecule has 1 fully saturated rings. The topological polar surface area (TPSA) is 68.7 Å². The second-order valence-corrected chi connectivity index (χ2v) is 9.15. The first-order valence-electron chi connectivity index (χ1n) is 11.2. The maximum atomic E-state index is 13.5. The predicted molar refractivity (Wildman–Crippen MR) is 124 cm³/mol. The van der Waals surface area contributed by atoms with Crippen molar-refractivity contribution < 1.29 is 23.5 Å². The van der Waals surface area contributed by atoms with Crippen LogP contribution in [0.4, 0.5) is 4.39 Å². The van der Waals surface area contributed by atoms with Gasteiger partial charge >= 0.3 is 0 Å². The van der Waals surface area contributed by atoms with Crippen molar-refractivity contribution in [1.29, 1.82) is 0 Å². The van der Waals surface area contributed by atoms with Crippen LogP contribution in [0.1, 0.15) is 39.5 Å². The van der Waals surface area contributed by atoms with Gasteiger partial charge in [-0.3, -0.25) is 14.6 Å². The lowest BCUT2D eigenvalue weighted by Gasteiger charge is -2.12. The maximum absolute atomic E-state index is 13.5. The van der Waals surface area contributed by atoms with E-state index in [0.717, 1.165) is 16.9 Å². The number of pyridine rings is 1. The van der Waals surface area contributed by atoms with Crippen molar-refractivity contribution in [3.05, 3.63) is 82.9 Å². The second-order valence-electron chi connectivity index (χ2n) is 9.15. The summed E-state index contributed by atoms with van der Waals surface area (Å²) in [5.41, 5.74) is 2.72. The third kappa shape index (κ3) is 4.25. The number of benzene rings is 2. The zero-order valence-corrected chi connectivity index (χ0v) is 19.2. The van der Waals surface area contributed by atoms with E-state index in [9.17, 15) is 14.0 Å². The van der Waals surface area contributed by atoms with E-state index >= 15 is 0 Å². The molecule has 3 aromatic rings. The van der Waals surface area contributed by atoms with Crippen LogP contribution < -0.4 is 9.47 Å². The minimum Gasteiger partial charge on any atom is -0.489 e. The van der Waals surface area contributed by atoms with Crippen LogP contribution in [0, 0.1) is 18.7 Å². The van der Waals surface area contributed by atoms with Gasteiger partial charge in [-0.1, -0.05) is 12.1 Å². The number of nitrogens with zero attached hydrogens (tertiary/aromatic N) is 2. The van der Waals surface area contributed by atoms with Crippen molar-refractivity contribution >= 4 is 11.7 Å². The Balaban J connectivity index is 1.24. The van der Waals surface area contributed by atoms with Gasteiger partial charge in [0.25, 0.3) is 5.91 Å². The number of carbonyl (C=O) groups excluding carboxylic acids is 2. The minimum absolute atomic E-state index is 0.00870. The summed E-state index contributed by atoms with van der Waals surface area (Å²) < 4.78 is 25.5. The van der Waals surface area contributed by atoms with Gasteiger partial charge < -0.3 is 14.4 Å². The Morgan fingerprint density at radius 2 is 1.88 bits per heavy atom. The summed E-state index contributed by atoms with van der Waals surface area (Å²) in [6.45, 7) is 1.70. The summed E-state index contributed by atoms with van der Waals surface area (Å²) in [5.74, 6) is 1.95. The molecule has 0 saturated heterocycles. The van der Waals surface area contributed by atoms with Gasteiger partial charge in [-0.15, -0.1) is 0 Å². The number of aryl methyl sites for hydroxylation is 1. The van der Waals surface area contributed by atoms with Gasteiger partial charge in [-0.2, -0.15) is 0 Å². The Hall–Kier alpha value is -3.74. The molecule has 1 saturated carbocycles. The molecule has 1 aromatic heterocycles. The van der Waals surface area contributed by atoms with Crippen LogP contribution in [0.25, 0.3) is 0 Å². The number of ether oxygens (including phenoxy) is 2. The van der Waals surface area contributed by atoms with E-state index in [0.29, 0.717) is 35.6 Å². The molecule has 2 aromatic carbocycles. The Bertz CT molecular complexity index is 1290. The first-order valence-corrected chi connectivity index (χ1v) is 11.2. The van der Waals surface area contributed by atoms with Gasteiger partial charge in [-0.05, 0) is 48.4 Å². The van der Waals surface area contributed by atoms with E-state index < -0.39 is 0 Å². The quantitative estimate of drug-likeness (QED) is 0.511. The van der Waals surface area contributed by atoms with Crippen molar-refractivity contribution in [2.24, 2.45) is 5.92 Å². The van der Waals surface area contributed by atoms with Gasteiger partial charge in [-0.25, -0.2) is 4.39 Å². The number of halogens is 1. The van der Waals surface area contributed by atoms with Crippen LogP contribution in [-0.2, 0) is 11.2 Å². The van der Waals surface area contributed by atoms with Crippen LogP contribution in [0.3, 0.4) is 0 Å². The monoisotopic (exact) mass is 460 g/mol. The first-order chi connectivity index (χ1) is 16.3. The van der Waals surface area contributed by atoms with Crippen LogP contribution in [-0.4, -0.2) is 41.8 Å². The number of Topliss-reactive ketones (excluding diaryl/α,β-unsaturated/α-hetero) is 1. The fourth-order valence-corrected chi connectivity index (χ4v) is 4.59. The van der Waals surface area contributed by atoms with Crippen molar-refractivity contribution in [3.8, 4) is 17.2 Å². The number of fused-ring (bicyclic) bond motifs is 3. The van der Waals surface area contributed by atoms with Crippen molar-refractivity contribution in [2.45, 2.75) is 31.8 Å². The molecule has 0 N–H and O–H groups in total. The maximum Gasteiger partial charge on any atom is 0.272 e. The highest BCUT2D eigenvalue weighted by molar-refractivity contribution is 5.92. The average Bonchev–Trinajstić information content (AvgIpc) is 3.32. The van der Waals surface area contributed by atoms with E-state index in [1.54, 1.807) is 51.5 Å². The lowest BCUT2D eigenvalue weighted by molar-refractivity contribution is -0.118. The van der Waals surface area contributed by atoms with Crippen molar-refractivity contribution in [2.75, 3.05) is 14.1 Å². The van der Waals surface area contributed by atoms with Crippen LogP contribution in [0.2, 0.25) is 0 Å². The average molecular weight is 461 g/mol. The fraction of sp³-hybridized carbons (Fsp3) is 0.296. The summed E-state index contributed by atoms with van der Waals surface area (Å²) in [6.07, 6.45) is 2.28. The normalized spacial score (nSPS) is 19.6. The Morgan fingerprint density at radius 1 is 1.09 bits per heavy atom. The lowest BCUT2D eigenvalue weighted by atomic mass is 10.0. The summed E-state index contributed by atoms with van der Waals surface area (Å²) in [4.78, 5) is 30.4. The molecule has 174 valence electrons. The van der Waals surface area contributed by atoms with Gasteiger partial charge in [0.1, 0.15) is 40.6 Å². The summed E-state index contributed by atoms with van der Waals surface area (Å²) >= 11 is 0. The molecule has 34 heavy (non-hydrogen) atoms. The van der Waals surface area contributed by atoms with E-state index in [1.165, 1.54) is 11.0 Å². The minimum atomic E-state index is -0.261. The molecule has 0 unspecified atom stereocenters. The molecule has 6 nitrogen and oxygen atoms in total. The van der Waals surface area contributed by atoms with Gasteiger partial charge in [0.2, 0.25) is 0 Å². The molecule has 1 aliphatic carbocycles. The molecular formula is C27H25FN2O4. The van der Waals surface area contributed by atoms with Crippen LogP contribution in [0.15, 0.2) is 54.7 Å². The third-order valence-corrected chi connectivity index (χ3v) is 6.38. The smallest absolute Gasteiger partial charge is 0.272 e. The van der Waals surface area contributed by atoms with Crippen LogP contribution in [0.5, 0.6) is 17.2 Å². The number of hydrogen-bond donors (Lipinski definition) is 0. The van der Waals surface area contributed by atoms with Crippen molar-refractivity contribution in [3.63, 3.8) is 0 Å². The Kier molecular flexibility index (Phi) is 5.55. The predicted octanol–water partition coefficient (Wildman–Crippen LogP) is 4.70. The zero-order valence-electron chi connectivity index (χ0n) is 19.2. The van der Waals surface area contributed by atoms with E-state index in [2.05, 4.69) is 4.98 Å². The lowest BCUT2D eigenvalue weighted by Crippen LogP contribution is -2.22. The standard InChI is InChI=1S/C27H25FN2O4/c1-15-10-16(4-6-22(15)28)11-17(31)12-21-25-20-13-18(5-7-24(20)34-26(21)25)33-19-8-9-29-23(14-19)27(32)30(2)3/h4-10,13-14,21,25-26H,11-12H2,1-3H3/t21-,25-,26+/m0/s1. The number of rotatable bonds is 7. The van der Waals surface area contributed by atoms with Crippen molar-refractivity contribution in [1.82, 2.24) is 9.88 Å². The highest BCUT2D eigenvalue weighted by Crippen LogP contribution is 2.60. The van der Waals surface area contributed by atoms with E-state index in [-0.39, 0.29) is 35.4 Å². The summed E-state index contributed by atoms with van der Waals surface area (Å²) in [6, 6.07) is 13.8. The summed E-state index contributed by atoms with van der Waals surface area (Å²) in [7, 11) is 3.35. The third-order valence-electron chi connectivity index (χ3n) is 6.38. The highest BCUT2D eigenvalue weighted by atomic mass is 19.1. The number of aromatic nitrogens is 1. The summed E-state index contributed by atoms with van der Waals surface area (Å²) in [5, 5.41) is 0. The Morgan fingerprint density at radius 3 is 2.65 bits per heavy atom. The molecule has 7 heteroatoms. The SMILES string of the molecule is Cc1cc(CC(=O)C[C@@H]2[C@H]3Oc4ccc(Oc5ccnc(C(=O)N(C)C)c5)cc4[C@@H]23)ccc1F. The van der Waals surface area contributed by atoms with E-state index in [1.807, 2.05) is 18.2 Å². The zero-order chi connectivity index (χ0) is 24.0. The molecule has 0 radical (unpaired) electrons. The molecule has 1 aliphatic heterocycles. The number of amides is 1. The second kappa shape index (κ2) is 8.56. The highest BCUT2D eigenvalue weighted by Gasteiger charge is 2.59. The molecule has 0 bridgehead atoms. The molecule has 5 rings (SSSR count). The number of ketones is 1. The molecule has 2 aliphatic rings. The first kappa shape index (κ1) is 22.1. The fourth-order valence-electron chi connectivity index (χ4n) is 4.59. The molecule has 1 amide bonds. The number of carbonyl (C=O) groups is 2. The van der Waals surface area contributed by atoms with Gasteiger partial charge in [0.15, 0.2) is 0 Å². The van der Waals surface area contributed by atoms with E-state index in [4.69, 9.17) is 9.47 Å². The van der Waals surface area contributed by atoms with Crippen LogP contribution >= 0.6 is 0 Å². The molecular weight excluding hydrogens is 435 g/mol.